The summed E-state index contributed by atoms with van der Waals surface area (Å²) < 4.78 is 7.64. The van der Waals surface area contributed by atoms with Crippen molar-refractivity contribution >= 4 is 17.7 Å². The highest BCUT2D eigenvalue weighted by Gasteiger charge is 2.23. The Kier molecular flexibility index (Phi) is 5.58. The van der Waals surface area contributed by atoms with Gasteiger partial charge in [0.25, 0.3) is 0 Å². The van der Waals surface area contributed by atoms with Gasteiger partial charge in [0.2, 0.25) is 5.91 Å². The summed E-state index contributed by atoms with van der Waals surface area (Å²) in [4.78, 5) is 16.6. The number of nitrogens with zero attached hydrogens (tertiary/aromatic N) is 2. The molecule has 24 heavy (non-hydrogen) atoms. The number of amides is 1. The molecule has 2 aromatic rings. The topological polar surface area (TPSA) is 56.2 Å². The van der Waals surface area contributed by atoms with E-state index in [1.165, 1.54) is 11.8 Å². The Hall–Kier alpha value is -1.79. The van der Waals surface area contributed by atoms with E-state index >= 15 is 0 Å². The van der Waals surface area contributed by atoms with Crippen LogP contribution in [0.2, 0.25) is 0 Å². The molecule has 1 fully saturated rings. The minimum atomic E-state index is 0.0206. The summed E-state index contributed by atoms with van der Waals surface area (Å²) in [6, 6.07) is 10.2. The quantitative estimate of drug-likeness (QED) is 0.818. The molecule has 0 saturated carbocycles. The molecule has 0 unspecified atom stereocenters. The van der Waals surface area contributed by atoms with Crippen molar-refractivity contribution in [3.63, 3.8) is 0 Å². The normalized spacial score (nSPS) is 18.5. The van der Waals surface area contributed by atoms with Crippen LogP contribution >= 0.6 is 11.8 Å². The molecule has 1 aliphatic rings. The average Bonchev–Trinajstić information content (AvgIpc) is 3.24. The number of hydrogen-bond donors (Lipinski definition) is 1. The van der Waals surface area contributed by atoms with E-state index in [1.807, 2.05) is 42.9 Å². The van der Waals surface area contributed by atoms with Gasteiger partial charge in [0.1, 0.15) is 0 Å². The van der Waals surface area contributed by atoms with Gasteiger partial charge in [-0.05, 0) is 25.3 Å². The molecule has 1 aromatic carbocycles. The first-order chi connectivity index (χ1) is 11.6. The largest absolute Gasteiger partial charge is 0.376 e. The summed E-state index contributed by atoms with van der Waals surface area (Å²) in [7, 11) is 1.98. The highest BCUT2D eigenvalue weighted by Crippen LogP contribution is 2.24. The van der Waals surface area contributed by atoms with Crippen molar-refractivity contribution in [1.29, 1.82) is 0 Å². The van der Waals surface area contributed by atoms with E-state index in [0.717, 1.165) is 35.9 Å². The van der Waals surface area contributed by atoms with E-state index in [0.29, 0.717) is 5.75 Å². The van der Waals surface area contributed by atoms with Crippen molar-refractivity contribution in [3.05, 3.63) is 36.5 Å². The number of ether oxygens (including phenoxy) is 1. The fourth-order valence-corrected chi connectivity index (χ4v) is 3.68. The van der Waals surface area contributed by atoms with Gasteiger partial charge in [-0.1, -0.05) is 42.1 Å². The summed E-state index contributed by atoms with van der Waals surface area (Å²) in [5, 5.41) is 3.87. The van der Waals surface area contributed by atoms with Crippen LogP contribution in [0.25, 0.3) is 11.3 Å². The molecule has 5 nitrogen and oxygen atoms in total. The van der Waals surface area contributed by atoms with Crippen molar-refractivity contribution in [1.82, 2.24) is 14.9 Å². The third-order valence-corrected chi connectivity index (χ3v) is 5.30. The average molecular weight is 345 g/mol. The second-order valence-electron chi connectivity index (χ2n) is 6.05. The molecule has 6 heteroatoms. The summed E-state index contributed by atoms with van der Waals surface area (Å²) in [5.41, 5.74) is 2.17. The predicted octanol–water partition coefficient (Wildman–Crippen LogP) is 2.86. The molecule has 2 atom stereocenters. The van der Waals surface area contributed by atoms with Crippen LogP contribution in [0.3, 0.4) is 0 Å². The van der Waals surface area contributed by atoms with E-state index in [9.17, 15) is 4.79 Å². The zero-order valence-corrected chi connectivity index (χ0v) is 14.9. The number of rotatable bonds is 6. The van der Waals surface area contributed by atoms with Gasteiger partial charge >= 0.3 is 0 Å². The molecule has 1 aliphatic heterocycles. The molecule has 128 valence electrons. The van der Waals surface area contributed by atoms with Crippen LogP contribution in [0.5, 0.6) is 0 Å². The van der Waals surface area contributed by atoms with Gasteiger partial charge < -0.3 is 14.6 Å². The number of thioether (sulfide) groups is 1. The van der Waals surface area contributed by atoms with Gasteiger partial charge in [0.05, 0.1) is 29.8 Å². The van der Waals surface area contributed by atoms with Crippen LogP contribution in [0, 0.1) is 0 Å². The Labute approximate surface area is 146 Å². The molecule has 2 heterocycles. The smallest absolute Gasteiger partial charge is 0.230 e. The Morgan fingerprint density at radius 2 is 2.25 bits per heavy atom. The molecule has 0 spiro atoms. The number of aromatic nitrogens is 2. The molecular formula is C18H23N3O2S. The van der Waals surface area contributed by atoms with Gasteiger partial charge in [0.15, 0.2) is 5.16 Å². The summed E-state index contributed by atoms with van der Waals surface area (Å²) in [6.45, 7) is 2.81. The molecule has 1 saturated heterocycles. The fourth-order valence-electron chi connectivity index (χ4n) is 2.92. The molecule has 3 rings (SSSR count). The van der Waals surface area contributed by atoms with Crippen LogP contribution < -0.4 is 5.32 Å². The van der Waals surface area contributed by atoms with E-state index in [4.69, 9.17) is 4.74 Å². The first-order valence-corrected chi connectivity index (χ1v) is 9.24. The van der Waals surface area contributed by atoms with Gasteiger partial charge in [0, 0.05) is 13.7 Å². The van der Waals surface area contributed by atoms with E-state index < -0.39 is 0 Å². The first kappa shape index (κ1) is 17.0. The Bertz CT molecular complexity index is 681. The van der Waals surface area contributed by atoms with E-state index in [2.05, 4.69) is 22.4 Å². The lowest BCUT2D eigenvalue weighted by Gasteiger charge is -2.19. The van der Waals surface area contributed by atoms with Gasteiger partial charge in [-0.2, -0.15) is 0 Å². The predicted molar refractivity (Wildman–Crippen MR) is 95.9 cm³/mol. The number of hydrogen-bond acceptors (Lipinski definition) is 4. The zero-order valence-electron chi connectivity index (χ0n) is 14.1. The maximum atomic E-state index is 12.1. The van der Waals surface area contributed by atoms with Crippen LogP contribution in [-0.4, -0.2) is 40.0 Å². The summed E-state index contributed by atoms with van der Waals surface area (Å²) >= 11 is 1.45. The number of benzene rings is 1. The fraction of sp³-hybridized carbons (Fsp3) is 0.444. The van der Waals surface area contributed by atoms with Crippen LogP contribution in [0.4, 0.5) is 0 Å². The summed E-state index contributed by atoms with van der Waals surface area (Å²) in [6.07, 6.45) is 4.10. The van der Waals surface area contributed by atoms with Crippen molar-refractivity contribution in [2.45, 2.75) is 37.1 Å². The molecular weight excluding hydrogens is 322 g/mol. The Morgan fingerprint density at radius 3 is 2.96 bits per heavy atom. The monoisotopic (exact) mass is 345 g/mol. The third-order valence-electron chi connectivity index (χ3n) is 4.26. The molecule has 1 amide bonds. The minimum Gasteiger partial charge on any atom is -0.376 e. The number of carbonyl (C=O) groups excluding carboxylic acids is 1. The van der Waals surface area contributed by atoms with E-state index in [1.54, 1.807) is 0 Å². The molecule has 1 N–H and O–H groups in total. The maximum Gasteiger partial charge on any atom is 0.230 e. The molecule has 0 aliphatic carbocycles. The first-order valence-electron chi connectivity index (χ1n) is 8.26. The number of nitrogens with one attached hydrogen (secondary N) is 1. The lowest BCUT2D eigenvalue weighted by molar-refractivity contribution is -0.120. The Morgan fingerprint density at radius 1 is 1.46 bits per heavy atom. The molecule has 0 radical (unpaired) electrons. The third kappa shape index (κ3) is 3.99. The van der Waals surface area contributed by atoms with E-state index in [-0.39, 0.29) is 18.1 Å². The Balaban J connectivity index is 1.55. The van der Waals surface area contributed by atoms with Gasteiger partial charge in [-0.25, -0.2) is 4.98 Å². The minimum absolute atomic E-state index is 0.0206. The van der Waals surface area contributed by atoms with Crippen molar-refractivity contribution < 1.29 is 9.53 Å². The second kappa shape index (κ2) is 7.85. The zero-order chi connectivity index (χ0) is 16.9. The van der Waals surface area contributed by atoms with Crippen LogP contribution in [-0.2, 0) is 16.6 Å². The van der Waals surface area contributed by atoms with Crippen molar-refractivity contribution in [2.75, 3.05) is 12.4 Å². The SMILES string of the molecule is C[C@@H](NC(=O)CSc1ncc(-c2ccccc2)n1C)[C@H]1CCCO1. The van der Waals surface area contributed by atoms with Crippen LogP contribution in [0.15, 0.2) is 41.7 Å². The maximum absolute atomic E-state index is 12.1. The second-order valence-corrected chi connectivity index (χ2v) is 6.99. The highest BCUT2D eigenvalue weighted by atomic mass is 32.2. The number of imidazole rings is 1. The van der Waals surface area contributed by atoms with Gasteiger partial charge in [-0.3, -0.25) is 4.79 Å². The summed E-state index contributed by atoms with van der Waals surface area (Å²) in [5.74, 6) is 0.378. The van der Waals surface area contributed by atoms with Crippen molar-refractivity contribution in [3.8, 4) is 11.3 Å². The van der Waals surface area contributed by atoms with Crippen molar-refractivity contribution in [2.24, 2.45) is 7.05 Å². The standard InChI is InChI=1S/C18H23N3O2S/c1-13(16-9-6-10-23-16)20-17(22)12-24-18-19-11-15(21(18)2)14-7-4-3-5-8-14/h3-5,7-8,11,13,16H,6,9-10,12H2,1-2H3,(H,20,22)/t13-,16-/m1/s1. The van der Waals surface area contributed by atoms with Crippen LogP contribution in [0.1, 0.15) is 19.8 Å². The highest BCUT2D eigenvalue weighted by molar-refractivity contribution is 7.99. The lowest BCUT2D eigenvalue weighted by Crippen LogP contribution is -2.41. The number of carbonyl (C=O) groups is 1. The van der Waals surface area contributed by atoms with Gasteiger partial charge in [-0.15, -0.1) is 0 Å². The lowest BCUT2D eigenvalue weighted by atomic mass is 10.1. The molecule has 0 bridgehead atoms. The molecule has 1 aromatic heterocycles.